The summed E-state index contributed by atoms with van der Waals surface area (Å²) in [5.74, 6) is 0. The molecule has 1 aromatic rings. The van der Waals surface area contributed by atoms with Crippen molar-refractivity contribution in [1.82, 2.24) is 5.32 Å². The molecule has 1 atom stereocenters. The van der Waals surface area contributed by atoms with E-state index in [1.807, 2.05) is 6.07 Å². The van der Waals surface area contributed by atoms with Crippen molar-refractivity contribution < 1.29 is 4.92 Å². The number of non-ortho nitro benzene ring substituents is 1. The lowest BCUT2D eigenvalue weighted by atomic mass is 9.70. The molecule has 1 aliphatic carbocycles. The highest BCUT2D eigenvalue weighted by Crippen LogP contribution is 2.39. The Morgan fingerprint density at radius 2 is 2.25 bits per heavy atom. The Morgan fingerprint density at radius 3 is 2.85 bits per heavy atom. The number of hydrogen-bond acceptors (Lipinski definition) is 4. The van der Waals surface area contributed by atoms with Crippen LogP contribution in [0.15, 0.2) is 18.2 Å². The van der Waals surface area contributed by atoms with Crippen LogP contribution in [-0.4, -0.2) is 23.0 Å². The summed E-state index contributed by atoms with van der Waals surface area (Å²) >= 11 is 2.17. The Balaban J connectivity index is 1.69. The van der Waals surface area contributed by atoms with Gasteiger partial charge in [0.05, 0.1) is 4.92 Å². The second-order valence-electron chi connectivity index (χ2n) is 5.82. The van der Waals surface area contributed by atoms with Crippen LogP contribution in [-0.2, 0) is 0 Å². The molecule has 0 radical (unpaired) electrons. The fraction of sp³-hybridized carbons (Fsp3) is 0.571. The maximum absolute atomic E-state index is 10.8. The first-order chi connectivity index (χ1) is 9.58. The third-order valence-corrected chi connectivity index (χ3v) is 5.36. The van der Waals surface area contributed by atoms with Gasteiger partial charge < -0.3 is 10.6 Å². The van der Waals surface area contributed by atoms with E-state index in [0.29, 0.717) is 11.6 Å². The molecule has 108 valence electrons. The van der Waals surface area contributed by atoms with Crippen LogP contribution in [0.3, 0.4) is 0 Å². The summed E-state index contributed by atoms with van der Waals surface area (Å²) in [5.41, 5.74) is 1.53. The molecule has 1 unspecified atom stereocenters. The van der Waals surface area contributed by atoms with Gasteiger partial charge in [-0.2, -0.15) is 0 Å². The van der Waals surface area contributed by atoms with Gasteiger partial charge in [0.15, 0.2) is 0 Å². The first kappa shape index (κ1) is 14.1. The van der Waals surface area contributed by atoms with Crippen molar-refractivity contribution in [3.8, 4) is 0 Å². The molecule has 1 aromatic carbocycles. The number of nitrogens with one attached hydrogen (secondary N) is 2. The highest BCUT2D eigenvalue weighted by Gasteiger charge is 2.40. The molecule has 2 N–H and O–H groups in total. The van der Waals surface area contributed by atoms with E-state index in [4.69, 9.17) is 0 Å². The minimum absolute atomic E-state index is 0.153. The maximum atomic E-state index is 10.8. The lowest BCUT2D eigenvalue weighted by molar-refractivity contribution is -0.384. The second-order valence-corrected chi connectivity index (χ2v) is 6.98. The van der Waals surface area contributed by atoms with Crippen LogP contribution in [0.1, 0.15) is 32.1 Å². The highest BCUT2D eigenvalue weighted by molar-refractivity contribution is 14.1. The van der Waals surface area contributed by atoms with Crippen LogP contribution in [0.25, 0.3) is 0 Å². The first-order valence-electron chi connectivity index (χ1n) is 7.04. The van der Waals surface area contributed by atoms with Gasteiger partial charge in [-0.15, -0.1) is 0 Å². The molecule has 1 saturated carbocycles. The van der Waals surface area contributed by atoms with Gasteiger partial charge in [-0.05, 0) is 67.3 Å². The average Bonchev–Trinajstić information content (AvgIpc) is 2.39. The van der Waals surface area contributed by atoms with Crippen molar-refractivity contribution in [2.24, 2.45) is 0 Å². The van der Waals surface area contributed by atoms with E-state index in [1.165, 1.54) is 19.3 Å². The lowest BCUT2D eigenvalue weighted by Gasteiger charge is -2.48. The molecule has 0 bridgehead atoms. The van der Waals surface area contributed by atoms with Gasteiger partial charge in [0, 0.05) is 33.0 Å². The summed E-state index contributed by atoms with van der Waals surface area (Å²) in [6.45, 7) is 1.06. The van der Waals surface area contributed by atoms with Gasteiger partial charge in [0.2, 0.25) is 0 Å². The van der Waals surface area contributed by atoms with Gasteiger partial charge in [-0.1, -0.05) is 0 Å². The maximum Gasteiger partial charge on any atom is 0.270 e. The molecule has 1 heterocycles. The van der Waals surface area contributed by atoms with Crippen molar-refractivity contribution in [1.29, 1.82) is 0 Å². The number of nitro groups is 1. The largest absolute Gasteiger partial charge is 0.381 e. The molecule has 1 aliphatic heterocycles. The molecule has 5 nitrogen and oxygen atoms in total. The molecular formula is C14H18IN3O2. The van der Waals surface area contributed by atoms with E-state index in [1.54, 1.807) is 12.1 Å². The highest BCUT2D eigenvalue weighted by atomic mass is 127. The van der Waals surface area contributed by atoms with Crippen LogP contribution >= 0.6 is 22.6 Å². The van der Waals surface area contributed by atoms with Crippen LogP contribution in [0.2, 0.25) is 0 Å². The van der Waals surface area contributed by atoms with Crippen molar-refractivity contribution in [3.63, 3.8) is 0 Å². The minimum Gasteiger partial charge on any atom is -0.381 e. The summed E-state index contributed by atoms with van der Waals surface area (Å²) in [4.78, 5) is 10.4. The fourth-order valence-corrected chi connectivity index (χ4v) is 3.87. The smallest absolute Gasteiger partial charge is 0.270 e. The Bertz CT molecular complexity index is 531. The Kier molecular flexibility index (Phi) is 3.85. The van der Waals surface area contributed by atoms with Gasteiger partial charge in [0.1, 0.15) is 0 Å². The van der Waals surface area contributed by atoms with Crippen molar-refractivity contribution in [2.45, 2.75) is 43.7 Å². The summed E-state index contributed by atoms with van der Waals surface area (Å²) in [5, 5.41) is 18.0. The number of halogens is 1. The van der Waals surface area contributed by atoms with Crippen molar-refractivity contribution >= 4 is 34.0 Å². The standard InChI is InChI=1S/C14H18IN3O2/c15-12-8-11(18(19)20)2-3-13(12)17-10-4-7-16-14(9-10)5-1-6-14/h2-3,8,10,16-17H,1,4-7,9H2. The van der Waals surface area contributed by atoms with E-state index in [-0.39, 0.29) is 10.6 Å². The summed E-state index contributed by atoms with van der Waals surface area (Å²) < 4.78 is 0.915. The average molecular weight is 387 g/mol. The van der Waals surface area contributed by atoms with E-state index >= 15 is 0 Å². The Morgan fingerprint density at radius 1 is 1.45 bits per heavy atom. The van der Waals surface area contributed by atoms with E-state index in [0.717, 1.165) is 28.6 Å². The predicted octanol–water partition coefficient (Wildman–Crippen LogP) is 3.29. The summed E-state index contributed by atoms with van der Waals surface area (Å²) in [6.07, 6.45) is 6.15. The van der Waals surface area contributed by atoms with Crippen LogP contribution in [0.5, 0.6) is 0 Å². The number of nitro benzene ring substituents is 1. The number of benzene rings is 1. The molecule has 3 rings (SSSR count). The summed E-state index contributed by atoms with van der Waals surface area (Å²) in [6, 6.07) is 5.50. The van der Waals surface area contributed by atoms with Crippen LogP contribution < -0.4 is 10.6 Å². The molecule has 1 saturated heterocycles. The van der Waals surface area contributed by atoms with E-state index in [2.05, 4.69) is 33.2 Å². The third-order valence-electron chi connectivity index (χ3n) is 4.46. The zero-order valence-electron chi connectivity index (χ0n) is 11.2. The van der Waals surface area contributed by atoms with Gasteiger partial charge in [-0.25, -0.2) is 0 Å². The number of hydrogen-bond donors (Lipinski definition) is 2. The predicted molar refractivity (Wildman–Crippen MR) is 87.0 cm³/mol. The minimum atomic E-state index is -0.347. The van der Waals surface area contributed by atoms with Crippen molar-refractivity contribution in [3.05, 3.63) is 31.9 Å². The van der Waals surface area contributed by atoms with E-state index in [9.17, 15) is 10.1 Å². The number of nitrogens with zero attached hydrogens (tertiary/aromatic N) is 1. The second kappa shape index (κ2) is 5.48. The lowest BCUT2D eigenvalue weighted by Crippen LogP contribution is -2.58. The zero-order chi connectivity index (χ0) is 14.2. The molecule has 1 spiro atoms. The monoisotopic (exact) mass is 387 g/mol. The molecule has 0 amide bonds. The zero-order valence-corrected chi connectivity index (χ0v) is 13.4. The number of rotatable bonds is 3. The fourth-order valence-electron chi connectivity index (χ4n) is 3.22. The number of piperidine rings is 1. The molecule has 0 aromatic heterocycles. The molecular weight excluding hydrogens is 369 g/mol. The number of anilines is 1. The molecule has 6 heteroatoms. The topological polar surface area (TPSA) is 67.2 Å². The van der Waals surface area contributed by atoms with Gasteiger partial charge in [0.25, 0.3) is 5.69 Å². The van der Waals surface area contributed by atoms with Crippen LogP contribution in [0.4, 0.5) is 11.4 Å². The molecule has 2 fully saturated rings. The van der Waals surface area contributed by atoms with Gasteiger partial charge in [-0.3, -0.25) is 10.1 Å². The SMILES string of the molecule is O=[N+]([O-])c1ccc(NC2CCNC3(CCC3)C2)c(I)c1. The molecule has 2 aliphatic rings. The third kappa shape index (κ3) is 2.76. The van der Waals surface area contributed by atoms with Gasteiger partial charge >= 0.3 is 0 Å². The normalized spacial score (nSPS) is 24.1. The van der Waals surface area contributed by atoms with Crippen LogP contribution in [0, 0.1) is 13.7 Å². The summed E-state index contributed by atoms with van der Waals surface area (Å²) in [7, 11) is 0. The first-order valence-corrected chi connectivity index (χ1v) is 8.11. The quantitative estimate of drug-likeness (QED) is 0.475. The Hall–Kier alpha value is -0.890. The van der Waals surface area contributed by atoms with Crippen molar-refractivity contribution in [2.75, 3.05) is 11.9 Å². The van der Waals surface area contributed by atoms with E-state index < -0.39 is 0 Å². The Labute approximate surface area is 131 Å². The molecule has 20 heavy (non-hydrogen) atoms.